The molecule has 0 N–H and O–H groups in total. The summed E-state index contributed by atoms with van der Waals surface area (Å²) in [6.45, 7) is 4.66. The van der Waals surface area contributed by atoms with Crippen molar-refractivity contribution in [2.45, 2.75) is 19.3 Å². The number of rotatable bonds is 3. The molecule has 0 amide bonds. The quantitative estimate of drug-likeness (QED) is 0.251. The Labute approximate surface area is 209 Å². The second-order valence-corrected chi connectivity index (χ2v) is 10.0. The molecule has 2 heterocycles. The highest BCUT2D eigenvalue weighted by molar-refractivity contribution is 6.13. The van der Waals surface area contributed by atoms with Crippen LogP contribution in [0.15, 0.2) is 109 Å². The van der Waals surface area contributed by atoms with E-state index in [1.165, 1.54) is 44.1 Å². The summed E-state index contributed by atoms with van der Waals surface area (Å²) < 4.78 is 2.37. The number of fused-ring (bicyclic) bond motifs is 7. The van der Waals surface area contributed by atoms with Crippen molar-refractivity contribution in [3.05, 3.63) is 132 Å². The van der Waals surface area contributed by atoms with E-state index >= 15 is 0 Å². The molecule has 4 aromatic carbocycles. The van der Waals surface area contributed by atoms with Crippen molar-refractivity contribution in [1.29, 1.82) is 0 Å². The highest BCUT2D eigenvalue weighted by atomic mass is 16.1. The molecule has 0 saturated carbocycles. The summed E-state index contributed by atoms with van der Waals surface area (Å²) in [5.74, 6) is 0.00338. The molecule has 0 bridgehead atoms. The van der Waals surface area contributed by atoms with Gasteiger partial charge in [0.2, 0.25) is 0 Å². The van der Waals surface area contributed by atoms with Gasteiger partial charge in [-0.15, -0.1) is 0 Å². The SMILES string of the molecule is CC1(C)c2ccccc2-c2ccc3c4ccccc4n(-c4ccc(C(=O)c5ccncc5)cc4)c3c21. The lowest BCUT2D eigenvalue weighted by molar-refractivity contribution is 0.103. The average molecular weight is 465 g/mol. The summed E-state index contributed by atoms with van der Waals surface area (Å²) in [6.07, 6.45) is 3.31. The number of carbonyl (C=O) groups is 1. The number of nitrogens with zero attached hydrogens (tertiary/aromatic N) is 2. The Kier molecular flexibility index (Phi) is 4.34. The fourth-order valence-corrected chi connectivity index (χ4v) is 6.01. The van der Waals surface area contributed by atoms with Gasteiger partial charge in [0.1, 0.15) is 0 Å². The Morgan fingerprint density at radius 1 is 0.694 bits per heavy atom. The molecule has 7 rings (SSSR count). The fourth-order valence-electron chi connectivity index (χ4n) is 6.01. The summed E-state index contributed by atoms with van der Waals surface area (Å²) in [4.78, 5) is 17.0. The zero-order valence-corrected chi connectivity index (χ0v) is 20.2. The third-order valence-corrected chi connectivity index (χ3v) is 7.68. The maximum Gasteiger partial charge on any atom is 0.193 e. The van der Waals surface area contributed by atoms with Crippen LogP contribution < -0.4 is 0 Å². The number of carbonyl (C=O) groups excluding carboxylic acids is 1. The molecule has 36 heavy (non-hydrogen) atoms. The lowest BCUT2D eigenvalue weighted by atomic mass is 9.81. The van der Waals surface area contributed by atoms with Gasteiger partial charge >= 0.3 is 0 Å². The fraction of sp³-hybridized carbons (Fsp3) is 0.0909. The summed E-state index contributed by atoms with van der Waals surface area (Å²) in [5, 5.41) is 2.49. The van der Waals surface area contributed by atoms with Crippen molar-refractivity contribution in [2.75, 3.05) is 0 Å². The average Bonchev–Trinajstić information content (AvgIpc) is 3.38. The molecule has 0 unspecified atom stereocenters. The molecule has 6 aromatic rings. The van der Waals surface area contributed by atoms with Crippen molar-refractivity contribution < 1.29 is 4.79 Å². The number of ketones is 1. The topological polar surface area (TPSA) is 34.9 Å². The molecular weight excluding hydrogens is 440 g/mol. The first-order valence-corrected chi connectivity index (χ1v) is 12.3. The first-order chi connectivity index (χ1) is 17.6. The van der Waals surface area contributed by atoms with E-state index in [1.807, 2.05) is 12.1 Å². The third kappa shape index (κ3) is 2.80. The highest BCUT2D eigenvalue weighted by Gasteiger charge is 2.38. The number of aromatic nitrogens is 2. The van der Waals surface area contributed by atoms with Gasteiger partial charge in [0.05, 0.1) is 11.0 Å². The van der Waals surface area contributed by atoms with E-state index in [1.54, 1.807) is 24.5 Å². The second kappa shape index (κ2) is 7.50. The third-order valence-electron chi connectivity index (χ3n) is 7.68. The van der Waals surface area contributed by atoms with Crippen LogP contribution in [-0.2, 0) is 5.41 Å². The van der Waals surface area contributed by atoms with Gasteiger partial charge in [0, 0.05) is 45.4 Å². The number of hydrogen-bond donors (Lipinski definition) is 0. The van der Waals surface area contributed by atoms with Gasteiger partial charge in [0.15, 0.2) is 5.78 Å². The molecule has 0 fully saturated rings. The van der Waals surface area contributed by atoms with E-state index in [2.05, 4.69) is 96.2 Å². The zero-order valence-electron chi connectivity index (χ0n) is 20.2. The molecule has 0 saturated heterocycles. The van der Waals surface area contributed by atoms with Gasteiger partial charge in [-0.3, -0.25) is 9.78 Å². The Hall–Kier alpha value is -4.50. The Balaban J connectivity index is 1.49. The minimum atomic E-state index is -0.130. The lowest BCUT2D eigenvalue weighted by Gasteiger charge is -2.23. The molecular formula is C33H24N2O. The Morgan fingerprint density at radius 3 is 2.19 bits per heavy atom. The van der Waals surface area contributed by atoms with Crippen LogP contribution in [0.2, 0.25) is 0 Å². The minimum absolute atomic E-state index is 0.00338. The number of para-hydroxylation sites is 1. The first-order valence-electron chi connectivity index (χ1n) is 12.3. The van der Waals surface area contributed by atoms with Gasteiger partial charge in [-0.25, -0.2) is 0 Å². The van der Waals surface area contributed by atoms with Gasteiger partial charge in [0.25, 0.3) is 0 Å². The maximum absolute atomic E-state index is 13.0. The second-order valence-electron chi connectivity index (χ2n) is 10.0. The molecule has 0 atom stereocenters. The molecule has 3 nitrogen and oxygen atoms in total. The van der Waals surface area contributed by atoms with Gasteiger partial charge in [-0.1, -0.05) is 68.4 Å². The van der Waals surface area contributed by atoms with Crippen molar-refractivity contribution in [3.63, 3.8) is 0 Å². The predicted molar refractivity (Wildman–Crippen MR) is 146 cm³/mol. The molecule has 2 aromatic heterocycles. The standard InChI is InChI=1S/C33H24N2O/c1-33(2)28-9-5-3-7-24(28)26-15-16-27-25-8-4-6-10-29(25)35(31(27)30(26)33)23-13-11-21(12-14-23)32(36)22-17-19-34-20-18-22/h3-20H,1-2H3. The van der Waals surface area contributed by atoms with E-state index < -0.39 is 0 Å². The van der Waals surface area contributed by atoms with E-state index in [-0.39, 0.29) is 11.2 Å². The number of benzene rings is 4. The summed E-state index contributed by atoms with van der Waals surface area (Å²) in [6, 6.07) is 33.4. The molecule has 0 radical (unpaired) electrons. The predicted octanol–water partition coefficient (Wildman–Crippen LogP) is 7.72. The normalized spacial score (nSPS) is 13.6. The molecule has 1 aliphatic carbocycles. The molecule has 0 spiro atoms. The smallest absolute Gasteiger partial charge is 0.193 e. The van der Waals surface area contributed by atoms with E-state index in [0.29, 0.717) is 11.1 Å². The molecule has 3 heteroatoms. The van der Waals surface area contributed by atoms with Gasteiger partial charge in [-0.2, -0.15) is 0 Å². The van der Waals surface area contributed by atoms with Crippen LogP contribution in [0.3, 0.4) is 0 Å². The Morgan fingerprint density at radius 2 is 1.39 bits per heavy atom. The van der Waals surface area contributed by atoms with Crippen LogP contribution in [0.4, 0.5) is 0 Å². The largest absolute Gasteiger partial charge is 0.309 e. The van der Waals surface area contributed by atoms with E-state index in [4.69, 9.17) is 0 Å². The maximum atomic E-state index is 13.0. The van der Waals surface area contributed by atoms with Crippen molar-refractivity contribution in [1.82, 2.24) is 9.55 Å². The Bertz CT molecular complexity index is 1810. The van der Waals surface area contributed by atoms with Gasteiger partial charge < -0.3 is 4.57 Å². The van der Waals surface area contributed by atoms with Crippen LogP contribution in [0, 0.1) is 0 Å². The molecule has 0 aliphatic heterocycles. The minimum Gasteiger partial charge on any atom is -0.309 e. The molecule has 172 valence electrons. The van der Waals surface area contributed by atoms with Crippen LogP contribution in [0.5, 0.6) is 0 Å². The van der Waals surface area contributed by atoms with Crippen LogP contribution in [0.25, 0.3) is 38.6 Å². The number of pyridine rings is 1. The van der Waals surface area contributed by atoms with Crippen LogP contribution in [0.1, 0.15) is 40.9 Å². The highest BCUT2D eigenvalue weighted by Crippen LogP contribution is 2.52. The van der Waals surface area contributed by atoms with Gasteiger partial charge in [-0.05, 0) is 64.7 Å². The van der Waals surface area contributed by atoms with Crippen molar-refractivity contribution in [2.24, 2.45) is 0 Å². The first kappa shape index (κ1) is 20.8. The number of hydrogen-bond acceptors (Lipinski definition) is 2. The van der Waals surface area contributed by atoms with Crippen LogP contribution in [-0.4, -0.2) is 15.3 Å². The summed E-state index contributed by atoms with van der Waals surface area (Å²) >= 11 is 0. The summed E-state index contributed by atoms with van der Waals surface area (Å²) in [7, 11) is 0. The van der Waals surface area contributed by atoms with Crippen molar-refractivity contribution in [3.8, 4) is 16.8 Å². The molecule has 1 aliphatic rings. The zero-order chi connectivity index (χ0) is 24.4. The van der Waals surface area contributed by atoms with E-state index in [0.717, 1.165) is 5.69 Å². The monoisotopic (exact) mass is 464 g/mol. The van der Waals surface area contributed by atoms with Crippen LogP contribution >= 0.6 is 0 Å². The van der Waals surface area contributed by atoms with E-state index in [9.17, 15) is 4.79 Å². The lowest BCUT2D eigenvalue weighted by Crippen LogP contribution is -2.16. The van der Waals surface area contributed by atoms with Crippen molar-refractivity contribution >= 4 is 27.6 Å². The summed E-state index contributed by atoms with van der Waals surface area (Å²) in [5.41, 5.74) is 9.98.